The molecule has 1 amide bonds. The molecule has 3 aromatic heterocycles. The van der Waals surface area contributed by atoms with E-state index in [4.69, 9.17) is 4.74 Å². The summed E-state index contributed by atoms with van der Waals surface area (Å²) in [6.45, 7) is 6.77. The predicted molar refractivity (Wildman–Crippen MR) is 121 cm³/mol. The summed E-state index contributed by atoms with van der Waals surface area (Å²) < 4.78 is 7.06. The van der Waals surface area contributed by atoms with Crippen LogP contribution in [0.4, 0.5) is 17.3 Å². The van der Waals surface area contributed by atoms with Gasteiger partial charge in [-0.15, -0.1) is 0 Å². The van der Waals surface area contributed by atoms with Crippen molar-refractivity contribution in [2.75, 3.05) is 69.0 Å². The molecule has 4 heterocycles. The van der Waals surface area contributed by atoms with E-state index in [1.54, 1.807) is 10.7 Å². The Morgan fingerprint density at radius 3 is 2.81 bits per heavy atom. The fourth-order valence-corrected chi connectivity index (χ4v) is 3.50. The van der Waals surface area contributed by atoms with Crippen LogP contribution in [-0.4, -0.2) is 83.9 Å². The maximum absolute atomic E-state index is 11.3. The number of pyridine rings is 1. The van der Waals surface area contributed by atoms with E-state index in [0.29, 0.717) is 11.5 Å². The van der Waals surface area contributed by atoms with Crippen LogP contribution in [0.25, 0.3) is 16.9 Å². The van der Waals surface area contributed by atoms with E-state index in [1.807, 2.05) is 37.3 Å². The average Bonchev–Trinajstić information content (AvgIpc) is 3.15. The van der Waals surface area contributed by atoms with Crippen LogP contribution in [0.3, 0.4) is 0 Å². The van der Waals surface area contributed by atoms with E-state index < -0.39 is 0 Å². The first-order chi connectivity index (χ1) is 15.0. The number of hydrogen-bond acceptors (Lipinski definition) is 8. The van der Waals surface area contributed by atoms with Crippen LogP contribution in [0.2, 0.25) is 0 Å². The molecule has 0 aromatic carbocycles. The van der Waals surface area contributed by atoms with Crippen molar-refractivity contribution in [2.24, 2.45) is 0 Å². The minimum Gasteiger partial charge on any atom is -0.379 e. The first kappa shape index (κ1) is 21.0. The van der Waals surface area contributed by atoms with E-state index in [-0.39, 0.29) is 5.91 Å². The van der Waals surface area contributed by atoms with Gasteiger partial charge in [-0.25, -0.2) is 14.5 Å². The number of hydrogen-bond donors (Lipinski definition) is 2. The summed E-state index contributed by atoms with van der Waals surface area (Å²) in [7, 11) is 4.00. The molecule has 2 N–H and O–H groups in total. The van der Waals surface area contributed by atoms with Crippen LogP contribution < -0.4 is 15.5 Å². The lowest BCUT2D eigenvalue weighted by molar-refractivity contribution is -0.114. The number of carbonyl (C=O) groups excluding carboxylic acids is 1. The molecule has 0 aliphatic carbocycles. The second-order valence-corrected chi connectivity index (χ2v) is 7.70. The van der Waals surface area contributed by atoms with E-state index in [9.17, 15) is 4.79 Å². The van der Waals surface area contributed by atoms with Gasteiger partial charge in [-0.3, -0.25) is 9.69 Å². The molecule has 1 aliphatic rings. The molecule has 0 radical (unpaired) electrons. The Bertz CT molecular complexity index is 1060. The number of amides is 1. The summed E-state index contributed by atoms with van der Waals surface area (Å²) >= 11 is 0. The number of carbonyl (C=O) groups is 1. The van der Waals surface area contributed by atoms with E-state index in [0.717, 1.165) is 62.2 Å². The Morgan fingerprint density at radius 2 is 2.06 bits per heavy atom. The predicted octanol–water partition coefficient (Wildman–Crippen LogP) is 1.56. The van der Waals surface area contributed by atoms with Crippen LogP contribution in [0.1, 0.15) is 6.92 Å². The molecule has 0 unspecified atom stereocenters. The van der Waals surface area contributed by atoms with Crippen LogP contribution in [0, 0.1) is 0 Å². The second-order valence-electron chi connectivity index (χ2n) is 7.70. The zero-order valence-corrected chi connectivity index (χ0v) is 18.1. The molecule has 0 atom stereocenters. The third kappa shape index (κ3) is 5.09. The summed E-state index contributed by atoms with van der Waals surface area (Å²) in [6, 6.07) is 5.85. The van der Waals surface area contributed by atoms with Gasteiger partial charge in [0.15, 0.2) is 11.5 Å². The van der Waals surface area contributed by atoms with Gasteiger partial charge in [0, 0.05) is 59.0 Å². The number of aromatic nitrogens is 4. The molecule has 164 valence electrons. The number of fused-ring (bicyclic) bond motifs is 1. The van der Waals surface area contributed by atoms with Crippen molar-refractivity contribution in [1.29, 1.82) is 0 Å². The first-order valence-electron chi connectivity index (χ1n) is 10.4. The molecule has 10 heteroatoms. The highest BCUT2D eigenvalue weighted by Crippen LogP contribution is 2.28. The SMILES string of the molecule is CC(=O)Nc1cn2nc(-c3cnc(NCCN4CCOCC4)c(N(C)C)c3)ccc2n1. The van der Waals surface area contributed by atoms with Crippen molar-refractivity contribution in [3.63, 3.8) is 0 Å². The molecule has 0 bridgehead atoms. The highest BCUT2D eigenvalue weighted by atomic mass is 16.5. The molecule has 1 aliphatic heterocycles. The van der Waals surface area contributed by atoms with Gasteiger partial charge in [-0.1, -0.05) is 0 Å². The number of anilines is 3. The molecular weight excluding hydrogens is 396 g/mol. The van der Waals surface area contributed by atoms with Crippen molar-refractivity contribution in [1.82, 2.24) is 24.5 Å². The van der Waals surface area contributed by atoms with Gasteiger partial charge in [-0.2, -0.15) is 5.10 Å². The van der Waals surface area contributed by atoms with E-state index in [2.05, 4.69) is 36.7 Å². The molecule has 3 aromatic rings. The van der Waals surface area contributed by atoms with E-state index >= 15 is 0 Å². The average molecular weight is 425 g/mol. The maximum Gasteiger partial charge on any atom is 0.222 e. The number of rotatable bonds is 7. The molecule has 1 fully saturated rings. The smallest absolute Gasteiger partial charge is 0.222 e. The van der Waals surface area contributed by atoms with Gasteiger partial charge in [-0.05, 0) is 18.2 Å². The van der Waals surface area contributed by atoms with Gasteiger partial charge in [0.25, 0.3) is 0 Å². The Kier molecular flexibility index (Phi) is 6.28. The molecule has 10 nitrogen and oxygen atoms in total. The van der Waals surface area contributed by atoms with Gasteiger partial charge in [0.1, 0.15) is 5.82 Å². The zero-order valence-electron chi connectivity index (χ0n) is 18.1. The minimum absolute atomic E-state index is 0.167. The highest BCUT2D eigenvalue weighted by Gasteiger charge is 2.13. The van der Waals surface area contributed by atoms with Gasteiger partial charge >= 0.3 is 0 Å². The fraction of sp³-hybridized carbons (Fsp3) is 0.429. The van der Waals surface area contributed by atoms with Crippen molar-refractivity contribution < 1.29 is 9.53 Å². The zero-order chi connectivity index (χ0) is 21.8. The maximum atomic E-state index is 11.3. The lowest BCUT2D eigenvalue weighted by Crippen LogP contribution is -2.39. The summed E-state index contributed by atoms with van der Waals surface area (Å²) in [4.78, 5) is 24.7. The van der Waals surface area contributed by atoms with Crippen LogP contribution >= 0.6 is 0 Å². The van der Waals surface area contributed by atoms with E-state index in [1.165, 1.54) is 6.92 Å². The van der Waals surface area contributed by atoms with Crippen LogP contribution in [-0.2, 0) is 9.53 Å². The summed E-state index contributed by atoms with van der Waals surface area (Å²) in [5, 5.41) is 10.8. The van der Waals surface area contributed by atoms with Crippen molar-refractivity contribution in [2.45, 2.75) is 6.92 Å². The molecule has 31 heavy (non-hydrogen) atoms. The normalized spacial score (nSPS) is 14.5. The first-order valence-corrected chi connectivity index (χ1v) is 10.4. The molecule has 1 saturated heterocycles. The molecule has 4 rings (SSSR count). The van der Waals surface area contributed by atoms with Crippen LogP contribution in [0.15, 0.2) is 30.6 Å². The van der Waals surface area contributed by atoms with Gasteiger partial charge in [0.2, 0.25) is 5.91 Å². The summed E-state index contributed by atoms with van der Waals surface area (Å²) in [5.41, 5.74) is 3.33. The standard InChI is InChI=1S/C21H28N8O2/c1-15(30)24-19-14-29-20(25-19)5-4-17(26-29)16-12-18(27(2)3)21(23-13-16)22-6-7-28-8-10-31-11-9-28/h4-5,12-14H,6-11H2,1-3H3,(H,22,23)(H,24,30). The Morgan fingerprint density at radius 1 is 1.26 bits per heavy atom. The minimum atomic E-state index is -0.167. The number of nitrogens with one attached hydrogen (secondary N) is 2. The number of morpholine rings is 1. The van der Waals surface area contributed by atoms with Gasteiger partial charge < -0.3 is 20.3 Å². The largest absolute Gasteiger partial charge is 0.379 e. The summed E-state index contributed by atoms with van der Waals surface area (Å²) in [6.07, 6.45) is 3.52. The van der Waals surface area contributed by atoms with Crippen molar-refractivity contribution >= 4 is 28.9 Å². The summed E-state index contributed by atoms with van der Waals surface area (Å²) in [5.74, 6) is 1.16. The second kappa shape index (κ2) is 9.27. The lowest BCUT2D eigenvalue weighted by atomic mass is 10.2. The Balaban J connectivity index is 1.51. The Labute approximate surface area is 181 Å². The third-order valence-corrected chi connectivity index (χ3v) is 5.09. The number of nitrogens with zero attached hydrogens (tertiary/aromatic N) is 6. The highest BCUT2D eigenvalue weighted by molar-refractivity contribution is 5.87. The Hall–Kier alpha value is -3.24. The van der Waals surface area contributed by atoms with Crippen LogP contribution in [0.5, 0.6) is 0 Å². The number of imidazole rings is 1. The third-order valence-electron chi connectivity index (χ3n) is 5.09. The topological polar surface area (TPSA) is 99.9 Å². The molecule has 0 saturated carbocycles. The van der Waals surface area contributed by atoms with Crippen molar-refractivity contribution in [3.8, 4) is 11.3 Å². The number of ether oxygens (including phenoxy) is 1. The lowest BCUT2D eigenvalue weighted by Gasteiger charge is -2.27. The van der Waals surface area contributed by atoms with Gasteiger partial charge in [0.05, 0.1) is 30.8 Å². The molecular formula is C21H28N8O2. The quantitative estimate of drug-likeness (QED) is 0.590. The monoisotopic (exact) mass is 424 g/mol. The van der Waals surface area contributed by atoms with Crippen molar-refractivity contribution in [3.05, 3.63) is 30.6 Å². The molecule has 0 spiro atoms. The fourth-order valence-electron chi connectivity index (χ4n) is 3.50.